The van der Waals surface area contributed by atoms with Crippen molar-refractivity contribution < 1.29 is 8.42 Å². The highest BCUT2D eigenvalue weighted by atomic mass is 79.9. The number of aryl methyl sites for hydroxylation is 1. The minimum Gasteiger partial charge on any atom is -0.302 e. The summed E-state index contributed by atoms with van der Waals surface area (Å²) in [6, 6.07) is 5.24. The molecule has 6 heteroatoms. The number of halogens is 1. The first-order chi connectivity index (χ1) is 9.40. The van der Waals surface area contributed by atoms with Gasteiger partial charge in [0, 0.05) is 17.6 Å². The number of likely N-dealkylation sites (N-methyl/N-ethyl adjacent to an activating group) is 1. The summed E-state index contributed by atoms with van der Waals surface area (Å²) in [4.78, 5) is 2.52. The Morgan fingerprint density at radius 1 is 1.25 bits per heavy atom. The summed E-state index contributed by atoms with van der Waals surface area (Å²) in [6.45, 7) is 9.22. The third kappa shape index (κ3) is 5.16. The van der Waals surface area contributed by atoms with E-state index >= 15 is 0 Å². The molecule has 0 atom stereocenters. The zero-order valence-corrected chi connectivity index (χ0v) is 14.7. The molecule has 0 aliphatic heterocycles. The van der Waals surface area contributed by atoms with Gasteiger partial charge in [0.1, 0.15) is 0 Å². The molecule has 0 heterocycles. The molecule has 0 bridgehead atoms. The average Bonchev–Trinajstić information content (AvgIpc) is 2.37. The molecule has 0 aromatic heterocycles. The standard InChI is InChI=1S/C14H23BrN2O2S/c1-4-9-17(5-2)10-8-16-20(18,19)14-7-6-12(3)11-13(14)15/h6-7,11,16H,4-5,8-10H2,1-3H3. The van der Waals surface area contributed by atoms with E-state index in [9.17, 15) is 8.42 Å². The Bertz CT molecular complexity index is 532. The number of rotatable bonds is 8. The molecule has 0 saturated carbocycles. The van der Waals surface area contributed by atoms with Crippen LogP contribution in [0.1, 0.15) is 25.8 Å². The van der Waals surface area contributed by atoms with Crippen LogP contribution in [0.4, 0.5) is 0 Å². The molecule has 0 aliphatic carbocycles. The zero-order valence-electron chi connectivity index (χ0n) is 12.3. The number of nitrogens with one attached hydrogen (secondary N) is 1. The summed E-state index contributed by atoms with van der Waals surface area (Å²) in [6.07, 6.45) is 1.07. The van der Waals surface area contributed by atoms with E-state index in [1.165, 1.54) is 0 Å². The molecule has 0 spiro atoms. The fourth-order valence-corrected chi connectivity index (χ4v) is 4.19. The van der Waals surface area contributed by atoms with Gasteiger partial charge in [0.2, 0.25) is 10.0 Å². The van der Waals surface area contributed by atoms with Crippen molar-refractivity contribution in [2.24, 2.45) is 0 Å². The van der Waals surface area contributed by atoms with E-state index < -0.39 is 10.0 Å². The van der Waals surface area contributed by atoms with Gasteiger partial charge >= 0.3 is 0 Å². The molecule has 0 saturated heterocycles. The van der Waals surface area contributed by atoms with Gasteiger partial charge in [0.15, 0.2) is 0 Å². The number of hydrogen-bond donors (Lipinski definition) is 1. The molecule has 0 fully saturated rings. The van der Waals surface area contributed by atoms with Gasteiger partial charge in [-0.3, -0.25) is 0 Å². The van der Waals surface area contributed by atoms with Gasteiger partial charge in [-0.15, -0.1) is 0 Å². The highest BCUT2D eigenvalue weighted by Crippen LogP contribution is 2.22. The summed E-state index contributed by atoms with van der Waals surface area (Å²) in [5, 5.41) is 0. The number of hydrogen-bond acceptors (Lipinski definition) is 3. The van der Waals surface area contributed by atoms with Crippen LogP contribution in [0.5, 0.6) is 0 Å². The van der Waals surface area contributed by atoms with Gasteiger partial charge in [-0.25, -0.2) is 13.1 Å². The smallest absolute Gasteiger partial charge is 0.241 e. The molecule has 20 heavy (non-hydrogen) atoms. The van der Waals surface area contributed by atoms with Gasteiger partial charge in [-0.1, -0.05) is 19.9 Å². The van der Waals surface area contributed by atoms with Crippen LogP contribution >= 0.6 is 15.9 Å². The lowest BCUT2D eigenvalue weighted by atomic mass is 10.2. The minimum atomic E-state index is -3.45. The van der Waals surface area contributed by atoms with Crippen molar-refractivity contribution in [2.75, 3.05) is 26.2 Å². The van der Waals surface area contributed by atoms with Crippen LogP contribution in [0, 0.1) is 6.92 Å². The van der Waals surface area contributed by atoms with Crippen molar-refractivity contribution in [3.63, 3.8) is 0 Å². The largest absolute Gasteiger partial charge is 0.302 e. The van der Waals surface area contributed by atoms with Crippen molar-refractivity contribution in [3.8, 4) is 0 Å². The first-order valence-electron chi connectivity index (χ1n) is 6.89. The van der Waals surface area contributed by atoms with Crippen molar-refractivity contribution in [1.29, 1.82) is 0 Å². The summed E-state index contributed by atoms with van der Waals surface area (Å²) >= 11 is 3.31. The Morgan fingerprint density at radius 3 is 2.50 bits per heavy atom. The van der Waals surface area contributed by atoms with Crippen LogP contribution in [0.3, 0.4) is 0 Å². The molecular weight excluding hydrogens is 340 g/mol. The van der Waals surface area contributed by atoms with Crippen LogP contribution in [0.25, 0.3) is 0 Å². The summed E-state index contributed by atoms with van der Waals surface area (Å²) in [5.74, 6) is 0. The Labute approximate surface area is 130 Å². The molecule has 1 aromatic carbocycles. The first kappa shape index (κ1) is 17.6. The fourth-order valence-electron chi connectivity index (χ4n) is 1.98. The molecule has 0 aliphatic rings. The Morgan fingerprint density at radius 2 is 1.95 bits per heavy atom. The van der Waals surface area contributed by atoms with Gasteiger partial charge in [0.05, 0.1) is 4.90 Å². The SMILES string of the molecule is CCCN(CC)CCNS(=O)(=O)c1ccc(C)cc1Br. The molecule has 1 N–H and O–H groups in total. The molecule has 0 amide bonds. The van der Waals surface area contributed by atoms with Crippen molar-refractivity contribution in [2.45, 2.75) is 32.1 Å². The Balaban J connectivity index is 2.66. The average molecular weight is 363 g/mol. The lowest BCUT2D eigenvalue weighted by Gasteiger charge is -2.19. The van der Waals surface area contributed by atoms with Crippen LogP contribution in [0.15, 0.2) is 27.6 Å². The fraction of sp³-hybridized carbons (Fsp3) is 0.571. The molecule has 1 rings (SSSR count). The molecule has 4 nitrogen and oxygen atoms in total. The molecule has 1 aromatic rings. The zero-order chi connectivity index (χ0) is 15.2. The maximum atomic E-state index is 12.2. The maximum Gasteiger partial charge on any atom is 0.241 e. The minimum absolute atomic E-state index is 0.293. The normalized spacial score (nSPS) is 12.1. The predicted molar refractivity (Wildman–Crippen MR) is 86.5 cm³/mol. The van der Waals surface area contributed by atoms with E-state index in [-0.39, 0.29) is 0 Å². The van der Waals surface area contributed by atoms with E-state index in [1.807, 2.05) is 13.0 Å². The van der Waals surface area contributed by atoms with E-state index in [4.69, 9.17) is 0 Å². The van der Waals surface area contributed by atoms with Crippen molar-refractivity contribution in [1.82, 2.24) is 9.62 Å². The van der Waals surface area contributed by atoms with Crippen molar-refractivity contribution >= 4 is 26.0 Å². The second kappa shape index (κ2) is 8.12. The monoisotopic (exact) mass is 362 g/mol. The van der Waals surface area contributed by atoms with Gasteiger partial charge in [0.25, 0.3) is 0 Å². The van der Waals surface area contributed by atoms with Crippen LogP contribution in [-0.4, -0.2) is 39.5 Å². The number of benzene rings is 1. The Kier molecular flexibility index (Phi) is 7.15. The second-order valence-corrected chi connectivity index (χ2v) is 7.36. The third-order valence-corrected chi connectivity index (χ3v) is 5.52. The Hall–Kier alpha value is -0.430. The van der Waals surface area contributed by atoms with E-state index in [0.29, 0.717) is 15.9 Å². The third-order valence-electron chi connectivity index (χ3n) is 3.08. The highest BCUT2D eigenvalue weighted by molar-refractivity contribution is 9.10. The number of sulfonamides is 1. The second-order valence-electron chi connectivity index (χ2n) is 4.77. The van der Waals surface area contributed by atoms with E-state index in [2.05, 4.69) is 39.4 Å². The van der Waals surface area contributed by atoms with Gasteiger partial charge in [-0.2, -0.15) is 0 Å². The topological polar surface area (TPSA) is 49.4 Å². The summed E-state index contributed by atoms with van der Waals surface area (Å²) < 4.78 is 27.7. The summed E-state index contributed by atoms with van der Waals surface area (Å²) in [5.41, 5.74) is 1.02. The maximum absolute atomic E-state index is 12.2. The molecule has 0 unspecified atom stereocenters. The van der Waals surface area contributed by atoms with Crippen LogP contribution in [-0.2, 0) is 10.0 Å². The number of nitrogens with zero attached hydrogens (tertiary/aromatic N) is 1. The highest BCUT2D eigenvalue weighted by Gasteiger charge is 2.17. The predicted octanol–water partition coefficient (Wildman–Crippen LogP) is 2.77. The van der Waals surface area contributed by atoms with Crippen LogP contribution < -0.4 is 4.72 Å². The summed E-state index contributed by atoms with van der Waals surface area (Å²) in [7, 11) is -3.45. The van der Waals surface area contributed by atoms with E-state index in [1.54, 1.807) is 12.1 Å². The molecule has 114 valence electrons. The van der Waals surface area contributed by atoms with Gasteiger partial charge in [-0.05, 0) is 60.1 Å². The quantitative estimate of drug-likeness (QED) is 0.773. The molecule has 0 radical (unpaired) electrons. The lowest BCUT2D eigenvalue weighted by molar-refractivity contribution is 0.293. The lowest BCUT2D eigenvalue weighted by Crippen LogP contribution is -2.35. The van der Waals surface area contributed by atoms with E-state index in [0.717, 1.165) is 31.6 Å². The first-order valence-corrected chi connectivity index (χ1v) is 9.16. The van der Waals surface area contributed by atoms with Crippen LogP contribution in [0.2, 0.25) is 0 Å². The van der Waals surface area contributed by atoms with Gasteiger partial charge < -0.3 is 4.90 Å². The van der Waals surface area contributed by atoms with Crippen molar-refractivity contribution in [3.05, 3.63) is 28.2 Å². The molecular formula is C14H23BrN2O2S.